The number of benzene rings is 2. The first-order valence-electron chi connectivity index (χ1n) is 7.15. The summed E-state index contributed by atoms with van der Waals surface area (Å²) in [6.07, 6.45) is 2.64. The largest absolute Gasteiger partial charge is 0.0683 e. The van der Waals surface area contributed by atoms with Crippen molar-refractivity contribution in [2.24, 2.45) is 0 Å². The van der Waals surface area contributed by atoms with E-state index in [1.807, 2.05) is 13.8 Å². The molecule has 0 aliphatic carbocycles. The van der Waals surface area contributed by atoms with Crippen molar-refractivity contribution in [1.29, 1.82) is 0 Å². The van der Waals surface area contributed by atoms with Gasteiger partial charge >= 0.3 is 0 Å². The van der Waals surface area contributed by atoms with E-state index in [0.29, 0.717) is 0 Å². The van der Waals surface area contributed by atoms with Gasteiger partial charge in [-0.3, -0.25) is 0 Å². The van der Waals surface area contributed by atoms with Gasteiger partial charge in [-0.05, 0) is 30.2 Å². The van der Waals surface area contributed by atoms with E-state index < -0.39 is 0 Å². The molecule has 0 saturated carbocycles. The number of aryl methyl sites for hydroxylation is 2. The van der Waals surface area contributed by atoms with Crippen LogP contribution in [0.15, 0.2) is 36.4 Å². The third kappa shape index (κ3) is 5.35. The highest BCUT2D eigenvalue weighted by Crippen LogP contribution is 2.18. The highest BCUT2D eigenvalue weighted by molar-refractivity contribution is 5.86. The zero-order valence-electron chi connectivity index (χ0n) is 12.9. The molecule has 100 valence electrons. The second-order valence-corrected chi connectivity index (χ2v) is 4.30. The summed E-state index contributed by atoms with van der Waals surface area (Å²) in [5, 5.41) is 2.71. The van der Waals surface area contributed by atoms with E-state index in [2.05, 4.69) is 64.1 Å². The Bertz CT molecular complexity index is 439. The van der Waals surface area contributed by atoms with Crippen molar-refractivity contribution in [3.63, 3.8) is 0 Å². The predicted molar refractivity (Wildman–Crippen MR) is 85.4 cm³/mol. The number of fused-ring (bicyclic) bond motifs is 1. The van der Waals surface area contributed by atoms with Crippen LogP contribution >= 0.6 is 0 Å². The molecule has 0 aliphatic rings. The maximum absolute atomic E-state index is 2.22. The Balaban J connectivity index is 0.000000415. The highest BCUT2D eigenvalue weighted by Gasteiger charge is 1.94. The minimum atomic E-state index is 1.32. The van der Waals surface area contributed by atoms with Gasteiger partial charge in [0, 0.05) is 0 Å². The van der Waals surface area contributed by atoms with Crippen LogP contribution in [0, 0.1) is 13.8 Å². The summed E-state index contributed by atoms with van der Waals surface area (Å²) in [6, 6.07) is 13.0. The number of unbranched alkanes of at least 4 members (excludes halogenated alkanes) is 1. The van der Waals surface area contributed by atoms with E-state index in [4.69, 9.17) is 0 Å². The minimum absolute atomic E-state index is 1.32. The Morgan fingerprint density at radius 1 is 0.833 bits per heavy atom. The number of hydrogen-bond acceptors (Lipinski definition) is 0. The summed E-state index contributed by atoms with van der Waals surface area (Å²) in [5.41, 5.74) is 2.68. The molecule has 0 aromatic heterocycles. The first kappa shape index (κ1) is 16.7. The fraction of sp³-hybridized carbons (Fsp3) is 0.444. The van der Waals surface area contributed by atoms with Crippen LogP contribution in [-0.2, 0) is 0 Å². The lowest BCUT2D eigenvalue weighted by atomic mass is 10.0. The molecule has 0 amide bonds. The second-order valence-electron chi connectivity index (χ2n) is 4.30. The lowest BCUT2D eigenvalue weighted by Crippen LogP contribution is -1.78. The van der Waals surface area contributed by atoms with Gasteiger partial charge in [0.1, 0.15) is 0 Å². The van der Waals surface area contributed by atoms with Gasteiger partial charge in [0.05, 0.1) is 0 Å². The molecule has 0 heterocycles. The molecule has 2 rings (SSSR count). The molecule has 0 unspecified atom stereocenters. The molecule has 0 bridgehead atoms. The molecule has 0 nitrogen and oxygen atoms in total. The summed E-state index contributed by atoms with van der Waals surface area (Å²) < 4.78 is 0. The molecule has 0 aliphatic heterocycles. The van der Waals surface area contributed by atoms with Crippen molar-refractivity contribution >= 4 is 10.8 Å². The quantitative estimate of drug-likeness (QED) is 0.553. The van der Waals surface area contributed by atoms with Crippen LogP contribution in [0.2, 0.25) is 0 Å². The van der Waals surface area contributed by atoms with Crippen LogP contribution in [0.3, 0.4) is 0 Å². The first-order valence-corrected chi connectivity index (χ1v) is 7.15. The summed E-state index contributed by atoms with van der Waals surface area (Å²) >= 11 is 0. The topological polar surface area (TPSA) is 0 Å². The molecule has 2 aromatic carbocycles. The smallest absolute Gasteiger partial charge is 0.0155 e. The third-order valence-corrected chi connectivity index (χ3v) is 2.75. The Kier molecular flexibility index (Phi) is 9.00. The molecule has 2 aromatic rings. The standard InChI is InChI=1S/C12H12.C4H10.C2H6/c1-9-6-7-12-10(2)4-3-5-11(12)8-9;1-3-4-2;1-2/h3-8H,1-2H3;3-4H2,1-2H3;1-2H3. The Hall–Kier alpha value is -1.30. The van der Waals surface area contributed by atoms with Gasteiger partial charge in [0.2, 0.25) is 0 Å². The van der Waals surface area contributed by atoms with E-state index in [1.165, 1.54) is 34.7 Å². The van der Waals surface area contributed by atoms with Gasteiger partial charge < -0.3 is 0 Å². The molecular formula is C18H28. The van der Waals surface area contributed by atoms with Crippen molar-refractivity contribution in [1.82, 2.24) is 0 Å². The Labute approximate surface area is 113 Å². The SMILES string of the molecule is CC.CCCC.Cc1ccc2c(C)cccc2c1. The van der Waals surface area contributed by atoms with Crippen LogP contribution < -0.4 is 0 Å². The average molecular weight is 244 g/mol. The van der Waals surface area contributed by atoms with Gasteiger partial charge in [-0.25, -0.2) is 0 Å². The summed E-state index contributed by atoms with van der Waals surface area (Å²) in [4.78, 5) is 0. The molecule has 0 fully saturated rings. The van der Waals surface area contributed by atoms with E-state index in [9.17, 15) is 0 Å². The van der Waals surface area contributed by atoms with Gasteiger partial charge in [0.15, 0.2) is 0 Å². The maximum Gasteiger partial charge on any atom is -0.0155 e. The van der Waals surface area contributed by atoms with Crippen molar-refractivity contribution in [3.05, 3.63) is 47.5 Å². The predicted octanol–water partition coefficient (Wildman–Crippen LogP) is 6.29. The Morgan fingerprint density at radius 2 is 1.44 bits per heavy atom. The molecule has 0 N–H and O–H groups in total. The molecule has 18 heavy (non-hydrogen) atoms. The average Bonchev–Trinajstić information content (AvgIpc) is 2.41. The van der Waals surface area contributed by atoms with Crippen LogP contribution in [-0.4, -0.2) is 0 Å². The van der Waals surface area contributed by atoms with E-state index >= 15 is 0 Å². The summed E-state index contributed by atoms with van der Waals surface area (Å²) in [5.74, 6) is 0. The van der Waals surface area contributed by atoms with Crippen LogP contribution in [0.4, 0.5) is 0 Å². The first-order chi connectivity index (χ1) is 8.69. The highest BCUT2D eigenvalue weighted by atomic mass is 14.0. The number of rotatable bonds is 1. The molecule has 0 atom stereocenters. The third-order valence-electron chi connectivity index (χ3n) is 2.75. The van der Waals surface area contributed by atoms with Crippen LogP contribution in [0.5, 0.6) is 0 Å². The monoisotopic (exact) mass is 244 g/mol. The molecule has 0 heteroatoms. The van der Waals surface area contributed by atoms with Gasteiger partial charge in [-0.15, -0.1) is 0 Å². The fourth-order valence-corrected chi connectivity index (χ4v) is 1.57. The van der Waals surface area contributed by atoms with Gasteiger partial charge in [-0.2, -0.15) is 0 Å². The second kappa shape index (κ2) is 9.70. The van der Waals surface area contributed by atoms with Crippen LogP contribution in [0.25, 0.3) is 10.8 Å². The van der Waals surface area contributed by atoms with Gasteiger partial charge in [0.25, 0.3) is 0 Å². The zero-order chi connectivity index (χ0) is 14.0. The summed E-state index contributed by atoms with van der Waals surface area (Å²) in [7, 11) is 0. The van der Waals surface area contributed by atoms with Crippen molar-refractivity contribution in [2.45, 2.75) is 54.4 Å². The zero-order valence-corrected chi connectivity index (χ0v) is 12.9. The van der Waals surface area contributed by atoms with E-state index in [0.717, 1.165) is 0 Å². The maximum atomic E-state index is 2.22. The molecule has 0 spiro atoms. The molecule has 0 saturated heterocycles. The fourth-order valence-electron chi connectivity index (χ4n) is 1.57. The van der Waals surface area contributed by atoms with Crippen LogP contribution in [0.1, 0.15) is 51.7 Å². The minimum Gasteiger partial charge on any atom is -0.0683 e. The molecule has 0 radical (unpaired) electrons. The van der Waals surface area contributed by atoms with Crippen molar-refractivity contribution < 1.29 is 0 Å². The lowest BCUT2D eigenvalue weighted by Gasteiger charge is -2.01. The Morgan fingerprint density at radius 3 is 2.00 bits per heavy atom. The van der Waals surface area contributed by atoms with Crippen molar-refractivity contribution in [3.8, 4) is 0 Å². The normalized spacial score (nSPS) is 9.00. The molecular weight excluding hydrogens is 216 g/mol. The lowest BCUT2D eigenvalue weighted by molar-refractivity contribution is 0.886. The van der Waals surface area contributed by atoms with Gasteiger partial charge in [-0.1, -0.05) is 82.5 Å². The van der Waals surface area contributed by atoms with Crippen molar-refractivity contribution in [2.75, 3.05) is 0 Å². The summed E-state index contributed by atoms with van der Waals surface area (Å²) in [6.45, 7) is 12.6. The number of hydrogen-bond donors (Lipinski definition) is 0. The van der Waals surface area contributed by atoms with E-state index in [-0.39, 0.29) is 0 Å². The van der Waals surface area contributed by atoms with E-state index in [1.54, 1.807) is 0 Å².